The zero-order chi connectivity index (χ0) is 13.0. The fourth-order valence-electron chi connectivity index (χ4n) is 2.65. The zero-order valence-electron chi connectivity index (χ0n) is 11.5. The lowest BCUT2D eigenvalue weighted by Crippen LogP contribution is -2.24. The van der Waals surface area contributed by atoms with Crippen molar-refractivity contribution >= 4 is 0 Å². The molecule has 1 unspecified atom stereocenters. The highest BCUT2D eigenvalue weighted by Gasteiger charge is 2.20. The molecule has 0 fully saturated rings. The summed E-state index contributed by atoms with van der Waals surface area (Å²) in [5, 5.41) is 3.61. The van der Waals surface area contributed by atoms with Gasteiger partial charge in [-0.2, -0.15) is 0 Å². The molecular formula is C15H24N2O. The normalized spacial score (nSPS) is 18.9. The van der Waals surface area contributed by atoms with Gasteiger partial charge in [0.25, 0.3) is 0 Å². The van der Waals surface area contributed by atoms with Crippen LogP contribution in [0.5, 0.6) is 5.75 Å². The molecule has 0 radical (unpaired) electrons. The van der Waals surface area contributed by atoms with Gasteiger partial charge in [-0.1, -0.05) is 17.7 Å². The smallest absolute Gasteiger partial charge is 0.126 e. The molecular weight excluding hydrogens is 224 g/mol. The second-order valence-electron chi connectivity index (χ2n) is 5.14. The monoisotopic (exact) mass is 248 g/mol. The Kier molecular flexibility index (Phi) is 4.61. The van der Waals surface area contributed by atoms with Crippen LogP contribution in [0.4, 0.5) is 0 Å². The summed E-state index contributed by atoms with van der Waals surface area (Å²) >= 11 is 0. The molecule has 1 aliphatic rings. The van der Waals surface area contributed by atoms with E-state index < -0.39 is 0 Å². The standard InChI is InChI=1S/C15H24N2O/c1-11-9-12(2)15-13(10-11)14(5-3-8-18-15)17-7-4-6-16/h9-10,14,17H,3-8,16H2,1-2H3. The molecule has 1 atom stereocenters. The molecule has 1 heterocycles. The highest BCUT2D eigenvalue weighted by atomic mass is 16.5. The van der Waals surface area contributed by atoms with Crippen LogP contribution in [0.2, 0.25) is 0 Å². The molecule has 3 N–H and O–H groups in total. The lowest BCUT2D eigenvalue weighted by Gasteiger charge is -2.20. The molecule has 0 amide bonds. The van der Waals surface area contributed by atoms with Crippen molar-refractivity contribution in [2.45, 2.75) is 39.2 Å². The van der Waals surface area contributed by atoms with Crippen LogP contribution in [-0.4, -0.2) is 19.7 Å². The third-order valence-electron chi connectivity index (χ3n) is 3.48. The average Bonchev–Trinajstić information content (AvgIpc) is 2.53. The number of ether oxygens (including phenoxy) is 1. The minimum atomic E-state index is 0.410. The lowest BCUT2D eigenvalue weighted by molar-refractivity contribution is 0.313. The Morgan fingerprint density at radius 1 is 1.39 bits per heavy atom. The molecule has 18 heavy (non-hydrogen) atoms. The van der Waals surface area contributed by atoms with E-state index in [4.69, 9.17) is 10.5 Å². The highest BCUT2D eigenvalue weighted by molar-refractivity contribution is 5.46. The third-order valence-corrected chi connectivity index (χ3v) is 3.48. The van der Waals surface area contributed by atoms with E-state index in [1.165, 1.54) is 16.7 Å². The first-order valence-corrected chi connectivity index (χ1v) is 6.89. The number of nitrogens with two attached hydrogens (primary N) is 1. The third kappa shape index (κ3) is 3.03. The number of hydrogen-bond donors (Lipinski definition) is 2. The van der Waals surface area contributed by atoms with Crippen LogP contribution in [0.3, 0.4) is 0 Å². The first-order valence-electron chi connectivity index (χ1n) is 6.89. The number of nitrogens with one attached hydrogen (secondary N) is 1. The maximum atomic E-state index is 5.91. The highest BCUT2D eigenvalue weighted by Crippen LogP contribution is 2.35. The maximum absolute atomic E-state index is 5.91. The van der Waals surface area contributed by atoms with Crippen LogP contribution in [0.15, 0.2) is 12.1 Å². The Hall–Kier alpha value is -1.06. The van der Waals surface area contributed by atoms with Crippen LogP contribution in [0.25, 0.3) is 0 Å². The van der Waals surface area contributed by atoms with Gasteiger partial charge in [0, 0.05) is 11.6 Å². The maximum Gasteiger partial charge on any atom is 0.126 e. The van der Waals surface area contributed by atoms with Gasteiger partial charge in [-0.3, -0.25) is 0 Å². The Balaban J connectivity index is 2.23. The largest absolute Gasteiger partial charge is 0.493 e. The van der Waals surface area contributed by atoms with E-state index in [1.807, 2.05) is 0 Å². The summed E-state index contributed by atoms with van der Waals surface area (Å²) in [5.74, 6) is 1.09. The quantitative estimate of drug-likeness (QED) is 0.805. The van der Waals surface area contributed by atoms with Gasteiger partial charge in [0.2, 0.25) is 0 Å². The number of benzene rings is 1. The zero-order valence-corrected chi connectivity index (χ0v) is 11.5. The molecule has 3 nitrogen and oxygen atoms in total. The number of aryl methyl sites for hydroxylation is 2. The predicted molar refractivity (Wildman–Crippen MR) is 75.1 cm³/mol. The Bertz CT molecular complexity index is 404. The molecule has 1 aliphatic heterocycles. The van der Waals surface area contributed by atoms with Gasteiger partial charge in [0.15, 0.2) is 0 Å². The fraction of sp³-hybridized carbons (Fsp3) is 0.600. The molecule has 0 saturated carbocycles. The van der Waals surface area contributed by atoms with Crippen molar-refractivity contribution in [2.24, 2.45) is 5.73 Å². The van der Waals surface area contributed by atoms with Gasteiger partial charge in [-0.25, -0.2) is 0 Å². The number of fused-ring (bicyclic) bond motifs is 1. The molecule has 3 heteroatoms. The van der Waals surface area contributed by atoms with E-state index in [2.05, 4.69) is 31.3 Å². The van der Waals surface area contributed by atoms with Crippen molar-refractivity contribution in [3.8, 4) is 5.75 Å². The first-order chi connectivity index (χ1) is 8.72. The predicted octanol–water partition coefficient (Wildman–Crippen LogP) is 2.46. The SMILES string of the molecule is Cc1cc(C)c2c(c1)C(NCCCN)CCCO2. The van der Waals surface area contributed by atoms with E-state index in [0.717, 1.165) is 44.7 Å². The van der Waals surface area contributed by atoms with Gasteiger partial charge in [0.05, 0.1) is 6.61 Å². The molecule has 0 aromatic heterocycles. The summed E-state index contributed by atoms with van der Waals surface area (Å²) in [6.07, 6.45) is 3.27. The van der Waals surface area contributed by atoms with Gasteiger partial charge in [-0.15, -0.1) is 0 Å². The van der Waals surface area contributed by atoms with Crippen LogP contribution >= 0.6 is 0 Å². The molecule has 100 valence electrons. The molecule has 1 aromatic rings. The summed E-state index contributed by atoms with van der Waals surface area (Å²) in [7, 11) is 0. The number of rotatable bonds is 4. The van der Waals surface area contributed by atoms with E-state index in [-0.39, 0.29) is 0 Å². The van der Waals surface area contributed by atoms with E-state index in [9.17, 15) is 0 Å². The van der Waals surface area contributed by atoms with Crippen LogP contribution in [-0.2, 0) is 0 Å². The second kappa shape index (κ2) is 6.21. The minimum absolute atomic E-state index is 0.410. The molecule has 0 aliphatic carbocycles. The van der Waals surface area contributed by atoms with Crippen LogP contribution in [0.1, 0.15) is 42.0 Å². The van der Waals surface area contributed by atoms with Gasteiger partial charge in [0.1, 0.15) is 5.75 Å². The number of hydrogen-bond acceptors (Lipinski definition) is 3. The van der Waals surface area contributed by atoms with E-state index in [0.29, 0.717) is 6.04 Å². The summed E-state index contributed by atoms with van der Waals surface area (Å²) in [5.41, 5.74) is 9.43. The summed E-state index contributed by atoms with van der Waals surface area (Å²) in [6.45, 7) is 6.83. The summed E-state index contributed by atoms with van der Waals surface area (Å²) in [4.78, 5) is 0. The first kappa shape index (κ1) is 13.4. The summed E-state index contributed by atoms with van der Waals surface area (Å²) < 4.78 is 5.91. The van der Waals surface area contributed by atoms with Gasteiger partial charge in [-0.05, 0) is 51.8 Å². The van der Waals surface area contributed by atoms with Crippen molar-refractivity contribution < 1.29 is 4.74 Å². The Labute approximate surface area is 110 Å². The van der Waals surface area contributed by atoms with Crippen LogP contribution in [0, 0.1) is 13.8 Å². The average molecular weight is 248 g/mol. The Morgan fingerprint density at radius 2 is 2.22 bits per heavy atom. The van der Waals surface area contributed by atoms with E-state index >= 15 is 0 Å². The lowest BCUT2D eigenvalue weighted by atomic mass is 9.97. The van der Waals surface area contributed by atoms with E-state index in [1.54, 1.807) is 0 Å². The molecule has 1 aromatic carbocycles. The van der Waals surface area contributed by atoms with Crippen molar-refractivity contribution in [1.82, 2.24) is 5.32 Å². The summed E-state index contributed by atoms with van der Waals surface area (Å²) in [6, 6.07) is 4.86. The fourth-order valence-corrected chi connectivity index (χ4v) is 2.65. The minimum Gasteiger partial charge on any atom is -0.493 e. The molecule has 0 spiro atoms. The molecule has 0 saturated heterocycles. The molecule has 0 bridgehead atoms. The van der Waals surface area contributed by atoms with Crippen molar-refractivity contribution in [3.63, 3.8) is 0 Å². The van der Waals surface area contributed by atoms with Gasteiger partial charge < -0.3 is 15.8 Å². The Morgan fingerprint density at radius 3 is 3.00 bits per heavy atom. The topological polar surface area (TPSA) is 47.3 Å². The van der Waals surface area contributed by atoms with Crippen molar-refractivity contribution in [2.75, 3.05) is 19.7 Å². The van der Waals surface area contributed by atoms with Gasteiger partial charge >= 0.3 is 0 Å². The molecule has 2 rings (SSSR count). The van der Waals surface area contributed by atoms with Crippen LogP contribution < -0.4 is 15.8 Å². The van der Waals surface area contributed by atoms with Crippen molar-refractivity contribution in [1.29, 1.82) is 0 Å². The second-order valence-corrected chi connectivity index (χ2v) is 5.14. The van der Waals surface area contributed by atoms with Crippen molar-refractivity contribution in [3.05, 3.63) is 28.8 Å².